The largest absolute Gasteiger partial charge is 0.390 e. The molecule has 0 radical (unpaired) electrons. The van der Waals surface area contributed by atoms with Gasteiger partial charge in [-0.3, -0.25) is 0 Å². The monoisotopic (exact) mass is 132 g/mol. The Morgan fingerprint density at radius 2 is 2.11 bits per heavy atom. The lowest BCUT2D eigenvalue weighted by atomic mass is 10.0. The number of hydrogen-bond acceptors (Lipinski definition) is 2. The Bertz CT molecular complexity index is 69.3. The smallest absolute Gasteiger partial charge is 0.0639 e. The molecule has 0 aromatic heterocycles. The molecule has 9 heavy (non-hydrogen) atoms. The van der Waals surface area contributed by atoms with Gasteiger partial charge in [-0.1, -0.05) is 6.92 Å². The third-order valence-electron chi connectivity index (χ3n) is 1.61. The van der Waals surface area contributed by atoms with E-state index in [4.69, 9.17) is 4.74 Å². The van der Waals surface area contributed by atoms with E-state index in [2.05, 4.69) is 0 Å². The minimum atomic E-state index is -0.532. The molecular formula is C7H16O2. The van der Waals surface area contributed by atoms with Crippen molar-refractivity contribution >= 4 is 0 Å². The molecule has 0 amide bonds. The van der Waals surface area contributed by atoms with Crippen molar-refractivity contribution in [1.29, 1.82) is 0 Å². The molecule has 0 rings (SSSR count). The summed E-state index contributed by atoms with van der Waals surface area (Å²) in [6.07, 6.45) is 1.51. The predicted octanol–water partition coefficient (Wildman–Crippen LogP) is 1.18. The molecule has 1 atom stereocenters. The van der Waals surface area contributed by atoms with E-state index in [-0.39, 0.29) is 0 Å². The molecule has 2 heteroatoms. The van der Waals surface area contributed by atoms with E-state index in [0.29, 0.717) is 6.61 Å². The van der Waals surface area contributed by atoms with Crippen LogP contribution >= 0.6 is 0 Å². The highest BCUT2D eigenvalue weighted by Gasteiger charge is 2.15. The maximum absolute atomic E-state index is 9.37. The Balaban J connectivity index is 3.33. The molecule has 0 aliphatic heterocycles. The summed E-state index contributed by atoms with van der Waals surface area (Å²) in [7, 11) is 1.64. The number of aliphatic hydroxyl groups is 1. The van der Waals surface area contributed by atoms with Crippen molar-refractivity contribution in [3.8, 4) is 0 Å². The van der Waals surface area contributed by atoms with Crippen LogP contribution in [0, 0.1) is 0 Å². The predicted molar refractivity (Wildman–Crippen MR) is 37.4 cm³/mol. The average Bonchev–Trinajstić information content (AvgIpc) is 1.84. The molecule has 0 saturated heterocycles. The van der Waals surface area contributed by atoms with Crippen molar-refractivity contribution in [1.82, 2.24) is 0 Å². The van der Waals surface area contributed by atoms with E-state index in [1.807, 2.05) is 13.8 Å². The molecule has 0 aromatic carbocycles. The summed E-state index contributed by atoms with van der Waals surface area (Å²) in [6.45, 7) is 4.43. The first kappa shape index (κ1) is 8.92. The molecule has 1 unspecified atom stereocenters. The van der Waals surface area contributed by atoms with Gasteiger partial charge < -0.3 is 9.84 Å². The van der Waals surface area contributed by atoms with Gasteiger partial charge in [0.25, 0.3) is 0 Å². The number of methoxy groups -OCH3 is 1. The van der Waals surface area contributed by atoms with Gasteiger partial charge in [0.05, 0.1) is 5.60 Å². The maximum atomic E-state index is 9.37. The minimum Gasteiger partial charge on any atom is -0.390 e. The normalized spacial score (nSPS) is 17.3. The quantitative estimate of drug-likeness (QED) is 0.622. The van der Waals surface area contributed by atoms with E-state index in [1.54, 1.807) is 7.11 Å². The van der Waals surface area contributed by atoms with Crippen LogP contribution in [0.25, 0.3) is 0 Å². The molecule has 0 aromatic rings. The zero-order valence-corrected chi connectivity index (χ0v) is 6.48. The molecular weight excluding hydrogens is 116 g/mol. The van der Waals surface area contributed by atoms with E-state index < -0.39 is 5.60 Å². The van der Waals surface area contributed by atoms with Gasteiger partial charge in [-0.2, -0.15) is 0 Å². The number of rotatable bonds is 4. The molecule has 1 N–H and O–H groups in total. The zero-order chi connectivity index (χ0) is 7.33. The SMILES string of the molecule is CCC(C)(O)CCOC. The summed E-state index contributed by atoms with van der Waals surface area (Å²) in [5.74, 6) is 0. The van der Waals surface area contributed by atoms with Crippen LogP contribution in [-0.2, 0) is 4.74 Å². The summed E-state index contributed by atoms with van der Waals surface area (Å²) < 4.78 is 4.82. The summed E-state index contributed by atoms with van der Waals surface area (Å²) in [4.78, 5) is 0. The zero-order valence-electron chi connectivity index (χ0n) is 6.48. The molecule has 2 nitrogen and oxygen atoms in total. The Morgan fingerprint density at radius 3 is 2.44 bits per heavy atom. The van der Waals surface area contributed by atoms with Crippen molar-refractivity contribution < 1.29 is 9.84 Å². The topological polar surface area (TPSA) is 29.5 Å². The van der Waals surface area contributed by atoms with Crippen molar-refractivity contribution in [3.05, 3.63) is 0 Å². The lowest BCUT2D eigenvalue weighted by Gasteiger charge is -2.19. The highest BCUT2D eigenvalue weighted by molar-refractivity contribution is 4.68. The second-order valence-electron chi connectivity index (χ2n) is 2.59. The van der Waals surface area contributed by atoms with E-state index in [9.17, 15) is 5.11 Å². The standard InChI is InChI=1S/C7H16O2/c1-4-7(2,8)5-6-9-3/h8H,4-6H2,1-3H3. The van der Waals surface area contributed by atoms with Gasteiger partial charge in [-0.25, -0.2) is 0 Å². The van der Waals surface area contributed by atoms with E-state index >= 15 is 0 Å². The second-order valence-corrected chi connectivity index (χ2v) is 2.59. The summed E-state index contributed by atoms with van der Waals surface area (Å²) in [5, 5.41) is 9.37. The molecule has 0 heterocycles. The van der Waals surface area contributed by atoms with Crippen LogP contribution < -0.4 is 0 Å². The Labute approximate surface area is 56.8 Å². The van der Waals surface area contributed by atoms with Gasteiger partial charge in [-0.15, -0.1) is 0 Å². The van der Waals surface area contributed by atoms with Gasteiger partial charge in [0.15, 0.2) is 0 Å². The molecule has 0 aliphatic rings. The lowest BCUT2D eigenvalue weighted by molar-refractivity contribution is 0.0214. The molecule has 0 saturated carbocycles. The average molecular weight is 132 g/mol. The number of hydrogen-bond donors (Lipinski definition) is 1. The lowest BCUT2D eigenvalue weighted by Crippen LogP contribution is -2.24. The van der Waals surface area contributed by atoms with Crippen LogP contribution in [0.3, 0.4) is 0 Å². The van der Waals surface area contributed by atoms with Crippen molar-refractivity contribution in [2.45, 2.75) is 32.3 Å². The number of ether oxygens (including phenoxy) is 1. The Morgan fingerprint density at radius 1 is 1.56 bits per heavy atom. The van der Waals surface area contributed by atoms with Crippen LogP contribution in [0.15, 0.2) is 0 Å². The van der Waals surface area contributed by atoms with Gasteiger partial charge in [0, 0.05) is 13.7 Å². The molecule has 56 valence electrons. The van der Waals surface area contributed by atoms with Gasteiger partial charge in [0.1, 0.15) is 0 Å². The highest BCUT2D eigenvalue weighted by atomic mass is 16.5. The van der Waals surface area contributed by atoms with Crippen LogP contribution in [-0.4, -0.2) is 24.4 Å². The third kappa shape index (κ3) is 4.43. The fourth-order valence-corrected chi connectivity index (χ4v) is 0.499. The van der Waals surface area contributed by atoms with E-state index in [0.717, 1.165) is 12.8 Å². The fraction of sp³-hybridized carbons (Fsp3) is 1.00. The summed E-state index contributed by atoms with van der Waals surface area (Å²) >= 11 is 0. The van der Waals surface area contributed by atoms with E-state index in [1.165, 1.54) is 0 Å². The third-order valence-corrected chi connectivity index (χ3v) is 1.61. The van der Waals surface area contributed by atoms with Gasteiger partial charge >= 0.3 is 0 Å². The molecule has 0 aliphatic carbocycles. The highest BCUT2D eigenvalue weighted by Crippen LogP contribution is 2.12. The maximum Gasteiger partial charge on any atom is 0.0639 e. The second kappa shape index (κ2) is 3.85. The summed E-state index contributed by atoms with van der Waals surface area (Å²) in [6, 6.07) is 0. The van der Waals surface area contributed by atoms with Gasteiger partial charge in [-0.05, 0) is 19.8 Å². The molecule has 0 fully saturated rings. The fourth-order valence-electron chi connectivity index (χ4n) is 0.499. The van der Waals surface area contributed by atoms with Crippen LogP contribution in [0.5, 0.6) is 0 Å². The summed E-state index contributed by atoms with van der Waals surface area (Å²) in [5.41, 5.74) is -0.532. The van der Waals surface area contributed by atoms with Crippen molar-refractivity contribution in [2.24, 2.45) is 0 Å². The first-order valence-electron chi connectivity index (χ1n) is 3.33. The van der Waals surface area contributed by atoms with Crippen LogP contribution in [0.4, 0.5) is 0 Å². The van der Waals surface area contributed by atoms with Gasteiger partial charge in [0.2, 0.25) is 0 Å². The van der Waals surface area contributed by atoms with Crippen molar-refractivity contribution in [2.75, 3.05) is 13.7 Å². The van der Waals surface area contributed by atoms with Crippen molar-refractivity contribution in [3.63, 3.8) is 0 Å². The molecule has 0 spiro atoms. The van der Waals surface area contributed by atoms with Crippen LogP contribution in [0.1, 0.15) is 26.7 Å². The van der Waals surface area contributed by atoms with Crippen LogP contribution in [0.2, 0.25) is 0 Å². The minimum absolute atomic E-state index is 0.532. The Hall–Kier alpha value is -0.0800. The first-order valence-corrected chi connectivity index (χ1v) is 3.33. The Kier molecular flexibility index (Phi) is 3.82. The molecule has 0 bridgehead atoms. The first-order chi connectivity index (χ1) is 4.12.